The van der Waals surface area contributed by atoms with E-state index in [0.717, 1.165) is 23.6 Å². The summed E-state index contributed by atoms with van der Waals surface area (Å²) in [4.78, 5) is 18.6. The number of aliphatic hydroxyl groups excluding tert-OH is 1. The lowest BCUT2D eigenvalue weighted by Crippen LogP contribution is -2.39. The summed E-state index contributed by atoms with van der Waals surface area (Å²) in [5, 5.41) is 11.7. The molecule has 0 radical (unpaired) electrons. The number of aliphatic hydroxyl groups is 1. The molecule has 1 N–H and O–H groups in total. The van der Waals surface area contributed by atoms with Crippen LogP contribution in [0, 0.1) is 12.8 Å². The van der Waals surface area contributed by atoms with Gasteiger partial charge in [0, 0.05) is 25.1 Å². The number of furan rings is 1. The number of aromatic nitrogens is 1. The van der Waals surface area contributed by atoms with E-state index in [-0.39, 0.29) is 12.5 Å². The van der Waals surface area contributed by atoms with Gasteiger partial charge >= 0.3 is 0 Å². The molecule has 1 aliphatic rings. The topological polar surface area (TPSA) is 66.6 Å². The summed E-state index contributed by atoms with van der Waals surface area (Å²) in [6.07, 6.45) is 1.72. The Balaban J connectivity index is 1.70. The maximum absolute atomic E-state index is 12.4. The standard InChI is InChI=1S/C15H18N2O3S/c1-10-2-3-13(20-10)14-16-12(9-21-14)15(19)17-6-4-11(8-18)5-7-17/h2-3,9,11,18H,4-8H2,1H3. The second-order valence-electron chi connectivity index (χ2n) is 5.37. The van der Waals surface area contributed by atoms with E-state index in [2.05, 4.69) is 4.98 Å². The summed E-state index contributed by atoms with van der Waals surface area (Å²) in [7, 11) is 0. The molecule has 0 unspecified atom stereocenters. The highest BCUT2D eigenvalue weighted by Crippen LogP contribution is 2.26. The van der Waals surface area contributed by atoms with Crippen molar-refractivity contribution in [3.05, 3.63) is 29.0 Å². The van der Waals surface area contributed by atoms with Crippen LogP contribution in [-0.4, -0.2) is 40.6 Å². The van der Waals surface area contributed by atoms with Gasteiger partial charge in [-0.2, -0.15) is 0 Å². The molecular weight excluding hydrogens is 288 g/mol. The zero-order chi connectivity index (χ0) is 14.8. The van der Waals surface area contributed by atoms with Crippen LogP contribution in [0.4, 0.5) is 0 Å². The first-order valence-corrected chi connectivity index (χ1v) is 7.98. The Bertz CT molecular complexity index is 626. The number of carbonyl (C=O) groups excluding carboxylic acids is 1. The van der Waals surface area contributed by atoms with Crippen molar-refractivity contribution < 1.29 is 14.3 Å². The summed E-state index contributed by atoms with van der Waals surface area (Å²) < 4.78 is 5.53. The van der Waals surface area contributed by atoms with E-state index in [1.807, 2.05) is 24.0 Å². The lowest BCUT2D eigenvalue weighted by atomic mass is 9.98. The Morgan fingerprint density at radius 3 is 2.86 bits per heavy atom. The molecule has 0 bridgehead atoms. The smallest absolute Gasteiger partial charge is 0.273 e. The molecular formula is C15H18N2O3S. The van der Waals surface area contributed by atoms with Gasteiger partial charge in [-0.25, -0.2) is 4.98 Å². The third kappa shape index (κ3) is 3.01. The Labute approximate surface area is 127 Å². The minimum atomic E-state index is -0.0304. The van der Waals surface area contributed by atoms with E-state index >= 15 is 0 Å². The predicted molar refractivity (Wildman–Crippen MR) is 80.3 cm³/mol. The summed E-state index contributed by atoms with van der Waals surface area (Å²) in [5.41, 5.74) is 0.478. The van der Waals surface area contributed by atoms with E-state index in [0.29, 0.717) is 30.5 Å². The van der Waals surface area contributed by atoms with Gasteiger partial charge in [-0.15, -0.1) is 11.3 Å². The summed E-state index contributed by atoms with van der Waals surface area (Å²) >= 11 is 1.42. The number of carbonyl (C=O) groups is 1. The minimum absolute atomic E-state index is 0.0304. The molecule has 0 aliphatic carbocycles. The fourth-order valence-corrected chi connectivity index (χ4v) is 3.27. The molecule has 3 rings (SSSR count). The number of hydrogen-bond donors (Lipinski definition) is 1. The fourth-order valence-electron chi connectivity index (χ4n) is 2.52. The molecule has 1 saturated heterocycles. The molecule has 0 saturated carbocycles. The van der Waals surface area contributed by atoms with Gasteiger partial charge in [0.1, 0.15) is 11.5 Å². The average molecular weight is 306 g/mol. The molecule has 21 heavy (non-hydrogen) atoms. The highest BCUT2D eigenvalue weighted by atomic mass is 32.1. The summed E-state index contributed by atoms with van der Waals surface area (Å²) in [5.74, 6) is 1.83. The maximum Gasteiger partial charge on any atom is 0.273 e. The van der Waals surface area contributed by atoms with Crippen molar-refractivity contribution in [3.63, 3.8) is 0 Å². The van der Waals surface area contributed by atoms with E-state index < -0.39 is 0 Å². The first kappa shape index (κ1) is 14.3. The van der Waals surface area contributed by atoms with Gasteiger partial charge in [0.15, 0.2) is 10.8 Å². The van der Waals surface area contributed by atoms with Crippen LogP contribution in [-0.2, 0) is 0 Å². The van der Waals surface area contributed by atoms with Crippen LogP contribution in [0.25, 0.3) is 10.8 Å². The molecule has 2 aromatic rings. The van der Waals surface area contributed by atoms with Crippen LogP contribution >= 0.6 is 11.3 Å². The zero-order valence-corrected chi connectivity index (χ0v) is 12.7. The molecule has 0 spiro atoms. The third-order valence-electron chi connectivity index (χ3n) is 3.83. The van der Waals surface area contributed by atoms with Crippen molar-refractivity contribution in [1.82, 2.24) is 9.88 Å². The van der Waals surface area contributed by atoms with E-state index in [1.54, 1.807) is 5.38 Å². The molecule has 112 valence electrons. The summed E-state index contributed by atoms with van der Waals surface area (Å²) in [6, 6.07) is 3.76. The van der Waals surface area contributed by atoms with Gasteiger partial charge < -0.3 is 14.4 Å². The monoisotopic (exact) mass is 306 g/mol. The van der Waals surface area contributed by atoms with Gasteiger partial charge in [-0.3, -0.25) is 4.79 Å². The molecule has 1 fully saturated rings. The van der Waals surface area contributed by atoms with Crippen molar-refractivity contribution in [2.45, 2.75) is 19.8 Å². The largest absolute Gasteiger partial charge is 0.459 e. The molecule has 0 atom stereocenters. The van der Waals surface area contributed by atoms with Crippen LogP contribution < -0.4 is 0 Å². The van der Waals surface area contributed by atoms with Crippen molar-refractivity contribution in [1.29, 1.82) is 0 Å². The number of likely N-dealkylation sites (tertiary alicyclic amines) is 1. The van der Waals surface area contributed by atoms with Crippen LogP contribution in [0.5, 0.6) is 0 Å². The van der Waals surface area contributed by atoms with Crippen molar-refractivity contribution in [2.75, 3.05) is 19.7 Å². The number of piperidine rings is 1. The Hall–Kier alpha value is -1.66. The molecule has 5 nitrogen and oxygen atoms in total. The van der Waals surface area contributed by atoms with E-state index in [4.69, 9.17) is 9.52 Å². The number of thiazole rings is 1. The van der Waals surface area contributed by atoms with Crippen LogP contribution in [0.1, 0.15) is 29.1 Å². The Morgan fingerprint density at radius 1 is 1.48 bits per heavy atom. The third-order valence-corrected chi connectivity index (χ3v) is 4.69. The van der Waals surface area contributed by atoms with Crippen LogP contribution in [0.2, 0.25) is 0 Å². The van der Waals surface area contributed by atoms with Gasteiger partial charge in [0.25, 0.3) is 5.91 Å². The van der Waals surface area contributed by atoms with Gasteiger partial charge in [-0.05, 0) is 37.8 Å². The lowest BCUT2D eigenvalue weighted by Gasteiger charge is -2.30. The van der Waals surface area contributed by atoms with Gasteiger partial charge in [0.2, 0.25) is 0 Å². The lowest BCUT2D eigenvalue weighted by molar-refractivity contribution is 0.0646. The van der Waals surface area contributed by atoms with E-state index in [1.165, 1.54) is 11.3 Å². The first-order valence-electron chi connectivity index (χ1n) is 7.10. The minimum Gasteiger partial charge on any atom is -0.459 e. The highest BCUT2D eigenvalue weighted by Gasteiger charge is 2.25. The number of amides is 1. The van der Waals surface area contributed by atoms with Crippen molar-refractivity contribution in [3.8, 4) is 10.8 Å². The molecule has 1 amide bonds. The number of hydrogen-bond acceptors (Lipinski definition) is 5. The molecule has 6 heteroatoms. The van der Waals surface area contributed by atoms with E-state index in [9.17, 15) is 4.79 Å². The van der Waals surface area contributed by atoms with Crippen LogP contribution in [0.15, 0.2) is 21.9 Å². The van der Waals surface area contributed by atoms with Crippen molar-refractivity contribution >= 4 is 17.2 Å². The SMILES string of the molecule is Cc1ccc(-c2nc(C(=O)N3CCC(CO)CC3)cs2)o1. The Kier molecular flexibility index (Phi) is 4.07. The number of rotatable bonds is 3. The second-order valence-corrected chi connectivity index (χ2v) is 6.22. The molecule has 1 aliphatic heterocycles. The van der Waals surface area contributed by atoms with Crippen LogP contribution in [0.3, 0.4) is 0 Å². The maximum atomic E-state index is 12.4. The number of nitrogens with zero attached hydrogens (tertiary/aromatic N) is 2. The highest BCUT2D eigenvalue weighted by molar-refractivity contribution is 7.13. The summed E-state index contributed by atoms with van der Waals surface area (Å²) in [6.45, 7) is 3.47. The molecule has 0 aromatic carbocycles. The Morgan fingerprint density at radius 2 is 2.24 bits per heavy atom. The van der Waals surface area contributed by atoms with Gasteiger partial charge in [-0.1, -0.05) is 0 Å². The number of aryl methyl sites for hydroxylation is 1. The van der Waals surface area contributed by atoms with Crippen molar-refractivity contribution in [2.24, 2.45) is 5.92 Å². The molecule has 3 heterocycles. The average Bonchev–Trinajstić information content (AvgIpc) is 3.15. The molecule has 2 aromatic heterocycles. The predicted octanol–water partition coefficient (Wildman–Crippen LogP) is 2.56. The van der Waals surface area contributed by atoms with Gasteiger partial charge in [0.05, 0.1) is 0 Å². The quantitative estimate of drug-likeness (QED) is 0.946. The fraction of sp³-hybridized carbons (Fsp3) is 0.467. The zero-order valence-electron chi connectivity index (χ0n) is 11.9. The second kappa shape index (κ2) is 5.99. The normalized spacial score (nSPS) is 16.4. The first-order chi connectivity index (χ1) is 10.2.